The molecule has 6 heteroatoms. The molecule has 0 bridgehead atoms. The first-order valence-electron chi connectivity index (χ1n) is 8.16. The molecule has 124 valence electrons. The van der Waals surface area contributed by atoms with Gasteiger partial charge in [0.15, 0.2) is 0 Å². The molecule has 0 unspecified atom stereocenters. The van der Waals surface area contributed by atoms with Gasteiger partial charge < -0.3 is 20.7 Å². The standard InChI is InChI=1S/C17H23N3O3/c1-23-15-9-5-4-8-13(15)19-16(21)10-14-17(22)20-12-7-3-2-6-11(12)18-14/h4-5,8-9,11-12,14,18H,2-3,6-7,10H2,1H3,(H,19,21)(H,20,22)/t11-,12-,14+/m1/s1. The second-order valence-electron chi connectivity index (χ2n) is 6.18. The second kappa shape index (κ2) is 7.00. The molecule has 3 N–H and O–H groups in total. The lowest BCUT2D eigenvalue weighted by Gasteiger charge is -2.40. The van der Waals surface area contributed by atoms with Gasteiger partial charge in [-0.1, -0.05) is 25.0 Å². The molecule has 23 heavy (non-hydrogen) atoms. The Morgan fingerprint density at radius 2 is 2.00 bits per heavy atom. The number of ether oxygens (including phenoxy) is 1. The second-order valence-corrected chi connectivity index (χ2v) is 6.18. The summed E-state index contributed by atoms with van der Waals surface area (Å²) in [5.74, 6) is 0.328. The summed E-state index contributed by atoms with van der Waals surface area (Å²) in [5.41, 5.74) is 0.617. The van der Waals surface area contributed by atoms with Crippen LogP contribution in [-0.4, -0.2) is 37.0 Å². The summed E-state index contributed by atoms with van der Waals surface area (Å²) < 4.78 is 5.22. The average Bonchev–Trinajstić information content (AvgIpc) is 2.56. The van der Waals surface area contributed by atoms with E-state index in [1.165, 1.54) is 6.42 Å². The number of para-hydroxylation sites is 2. The Morgan fingerprint density at radius 1 is 1.26 bits per heavy atom. The molecule has 0 radical (unpaired) electrons. The van der Waals surface area contributed by atoms with Crippen molar-refractivity contribution in [3.63, 3.8) is 0 Å². The van der Waals surface area contributed by atoms with Crippen LogP contribution in [0.15, 0.2) is 24.3 Å². The Kier molecular flexibility index (Phi) is 4.81. The smallest absolute Gasteiger partial charge is 0.237 e. The molecule has 1 heterocycles. The van der Waals surface area contributed by atoms with E-state index in [4.69, 9.17) is 4.74 Å². The van der Waals surface area contributed by atoms with Gasteiger partial charge in [0.05, 0.1) is 25.3 Å². The van der Waals surface area contributed by atoms with Crippen LogP contribution < -0.4 is 20.7 Å². The maximum Gasteiger partial charge on any atom is 0.237 e. The third-order valence-electron chi connectivity index (χ3n) is 4.60. The van der Waals surface area contributed by atoms with Gasteiger partial charge in [-0.05, 0) is 25.0 Å². The van der Waals surface area contributed by atoms with Gasteiger partial charge in [-0.3, -0.25) is 9.59 Å². The van der Waals surface area contributed by atoms with E-state index in [2.05, 4.69) is 16.0 Å². The lowest BCUT2D eigenvalue weighted by Crippen LogP contribution is -2.65. The van der Waals surface area contributed by atoms with Crippen LogP contribution in [0, 0.1) is 0 Å². The molecule has 1 aliphatic heterocycles. The molecule has 6 nitrogen and oxygen atoms in total. The van der Waals surface area contributed by atoms with Crippen molar-refractivity contribution in [2.75, 3.05) is 12.4 Å². The molecule has 1 saturated heterocycles. The third kappa shape index (κ3) is 3.64. The van der Waals surface area contributed by atoms with Crippen LogP contribution in [-0.2, 0) is 9.59 Å². The van der Waals surface area contributed by atoms with Crippen molar-refractivity contribution in [3.05, 3.63) is 24.3 Å². The highest BCUT2D eigenvalue weighted by atomic mass is 16.5. The van der Waals surface area contributed by atoms with Crippen LogP contribution in [0.4, 0.5) is 5.69 Å². The van der Waals surface area contributed by atoms with Gasteiger partial charge in [-0.25, -0.2) is 0 Å². The summed E-state index contributed by atoms with van der Waals surface area (Å²) in [4.78, 5) is 24.4. The summed E-state index contributed by atoms with van der Waals surface area (Å²) in [6.07, 6.45) is 4.51. The molecule has 3 atom stereocenters. The molecule has 0 aromatic heterocycles. The van der Waals surface area contributed by atoms with Crippen LogP contribution >= 0.6 is 0 Å². The van der Waals surface area contributed by atoms with Gasteiger partial charge in [-0.15, -0.1) is 0 Å². The molecule has 2 fully saturated rings. The highest BCUT2D eigenvalue weighted by molar-refractivity contribution is 5.96. The topological polar surface area (TPSA) is 79.5 Å². The lowest BCUT2D eigenvalue weighted by atomic mass is 9.87. The quantitative estimate of drug-likeness (QED) is 0.785. The number of benzene rings is 1. The fourth-order valence-corrected chi connectivity index (χ4v) is 3.41. The summed E-state index contributed by atoms with van der Waals surface area (Å²) in [5, 5.41) is 9.22. The highest BCUT2D eigenvalue weighted by Gasteiger charge is 2.36. The first-order valence-corrected chi connectivity index (χ1v) is 8.16. The van der Waals surface area contributed by atoms with Gasteiger partial charge in [0.25, 0.3) is 0 Å². The highest BCUT2D eigenvalue weighted by Crippen LogP contribution is 2.24. The first kappa shape index (κ1) is 15.8. The molecular weight excluding hydrogens is 294 g/mol. The zero-order chi connectivity index (χ0) is 16.2. The van der Waals surface area contributed by atoms with Crippen LogP contribution in [0.5, 0.6) is 5.75 Å². The Morgan fingerprint density at radius 3 is 2.78 bits per heavy atom. The minimum atomic E-state index is -0.468. The van der Waals surface area contributed by atoms with Crippen molar-refractivity contribution >= 4 is 17.5 Å². The molecule has 3 rings (SSSR count). The monoisotopic (exact) mass is 317 g/mol. The van der Waals surface area contributed by atoms with Crippen LogP contribution in [0.1, 0.15) is 32.1 Å². The lowest BCUT2D eigenvalue weighted by molar-refractivity contribution is -0.129. The van der Waals surface area contributed by atoms with E-state index < -0.39 is 6.04 Å². The molecule has 2 amide bonds. The zero-order valence-corrected chi connectivity index (χ0v) is 13.3. The number of carbonyl (C=O) groups excluding carboxylic acids is 2. The minimum absolute atomic E-state index is 0.0803. The van der Waals surface area contributed by atoms with E-state index >= 15 is 0 Å². The van der Waals surface area contributed by atoms with Crippen LogP contribution in [0.2, 0.25) is 0 Å². The predicted octanol–water partition coefficient (Wildman–Crippen LogP) is 1.42. The third-order valence-corrected chi connectivity index (χ3v) is 4.60. The van der Waals surface area contributed by atoms with E-state index in [9.17, 15) is 9.59 Å². The van der Waals surface area contributed by atoms with E-state index in [0.717, 1.165) is 19.3 Å². The number of rotatable bonds is 4. The Balaban J connectivity index is 1.60. The molecule has 0 spiro atoms. The molecular formula is C17H23N3O3. The molecule has 2 aliphatic rings. The van der Waals surface area contributed by atoms with Gasteiger partial charge in [-0.2, -0.15) is 0 Å². The predicted molar refractivity (Wildman–Crippen MR) is 87.4 cm³/mol. The van der Waals surface area contributed by atoms with Gasteiger partial charge in [0.2, 0.25) is 11.8 Å². The maximum atomic E-state index is 12.3. The van der Waals surface area contributed by atoms with E-state index in [1.54, 1.807) is 19.2 Å². The summed E-state index contributed by atoms with van der Waals surface area (Å²) in [6.45, 7) is 0. The van der Waals surface area contributed by atoms with Gasteiger partial charge >= 0.3 is 0 Å². The molecule has 1 aliphatic carbocycles. The number of fused-ring (bicyclic) bond motifs is 1. The largest absolute Gasteiger partial charge is 0.495 e. The number of amides is 2. The van der Waals surface area contributed by atoms with Crippen molar-refractivity contribution in [2.24, 2.45) is 0 Å². The number of carbonyl (C=O) groups is 2. The minimum Gasteiger partial charge on any atom is -0.495 e. The number of hydrogen-bond donors (Lipinski definition) is 3. The van der Waals surface area contributed by atoms with Crippen molar-refractivity contribution in [3.8, 4) is 5.75 Å². The fraction of sp³-hybridized carbons (Fsp3) is 0.529. The van der Waals surface area contributed by atoms with Gasteiger partial charge in [0.1, 0.15) is 5.75 Å². The van der Waals surface area contributed by atoms with Crippen LogP contribution in [0.25, 0.3) is 0 Å². The number of nitrogens with one attached hydrogen (secondary N) is 3. The number of anilines is 1. The molecule has 1 aromatic rings. The Hall–Kier alpha value is -2.08. The van der Waals surface area contributed by atoms with Crippen molar-refractivity contribution in [1.29, 1.82) is 0 Å². The Bertz CT molecular complexity index is 590. The summed E-state index contributed by atoms with van der Waals surface area (Å²) in [6, 6.07) is 7.26. The first-order chi connectivity index (χ1) is 11.2. The van der Waals surface area contributed by atoms with E-state index in [0.29, 0.717) is 11.4 Å². The summed E-state index contributed by atoms with van der Waals surface area (Å²) in [7, 11) is 1.56. The van der Waals surface area contributed by atoms with E-state index in [-0.39, 0.29) is 30.3 Å². The Labute approximate surface area is 136 Å². The molecule has 1 aromatic carbocycles. The van der Waals surface area contributed by atoms with E-state index in [1.807, 2.05) is 12.1 Å². The van der Waals surface area contributed by atoms with Gasteiger partial charge in [0, 0.05) is 12.1 Å². The average molecular weight is 317 g/mol. The SMILES string of the molecule is COc1ccccc1NC(=O)C[C@@H]1N[C@@H]2CCCC[C@H]2NC1=O. The number of methoxy groups -OCH3 is 1. The maximum absolute atomic E-state index is 12.3. The fourth-order valence-electron chi connectivity index (χ4n) is 3.41. The zero-order valence-electron chi connectivity index (χ0n) is 13.3. The molecule has 1 saturated carbocycles. The normalized spacial score (nSPS) is 26.8. The number of piperazine rings is 1. The van der Waals surface area contributed by atoms with Crippen molar-refractivity contribution in [2.45, 2.75) is 50.2 Å². The van der Waals surface area contributed by atoms with Crippen molar-refractivity contribution in [1.82, 2.24) is 10.6 Å². The number of hydrogen-bond acceptors (Lipinski definition) is 4. The van der Waals surface area contributed by atoms with Crippen LogP contribution in [0.3, 0.4) is 0 Å². The van der Waals surface area contributed by atoms with Crippen molar-refractivity contribution < 1.29 is 14.3 Å². The summed E-state index contributed by atoms with van der Waals surface area (Å²) >= 11 is 0.